The number of benzene rings is 1. The van der Waals surface area contributed by atoms with Crippen LogP contribution in [0.5, 0.6) is 0 Å². The van der Waals surface area contributed by atoms with Crippen molar-refractivity contribution in [2.24, 2.45) is 5.92 Å². The summed E-state index contributed by atoms with van der Waals surface area (Å²) >= 11 is 0. The van der Waals surface area contributed by atoms with Crippen molar-refractivity contribution in [3.05, 3.63) is 42.1 Å². The maximum Gasteiger partial charge on any atom is 0.255 e. The lowest BCUT2D eigenvalue weighted by Gasteiger charge is -2.07. The van der Waals surface area contributed by atoms with Gasteiger partial charge in [0.25, 0.3) is 5.91 Å². The van der Waals surface area contributed by atoms with Crippen molar-refractivity contribution in [2.75, 3.05) is 6.54 Å². The third-order valence-corrected chi connectivity index (χ3v) is 3.35. The third kappa shape index (κ3) is 2.67. The summed E-state index contributed by atoms with van der Waals surface area (Å²) in [4.78, 5) is 15.5. The second kappa shape index (κ2) is 5.44. The summed E-state index contributed by atoms with van der Waals surface area (Å²) in [6.07, 6.45) is 1.57. The standard InChI is InChI=1S/C16H18N4O/c1-10(2)8-17-16(21)12-9-18-20-15(12)14-7-11-5-3-4-6-13(11)19-14/h3-7,9-10,19H,8H2,1-2H3,(H,17,21)(H,18,20). The lowest BCUT2D eigenvalue weighted by atomic mass is 10.1. The highest BCUT2D eigenvalue weighted by Crippen LogP contribution is 2.25. The Bertz CT molecular complexity index is 736. The molecular formula is C16H18N4O. The van der Waals surface area contributed by atoms with E-state index < -0.39 is 0 Å². The van der Waals surface area contributed by atoms with Crippen molar-refractivity contribution in [2.45, 2.75) is 13.8 Å². The van der Waals surface area contributed by atoms with Gasteiger partial charge in [0, 0.05) is 17.4 Å². The highest BCUT2D eigenvalue weighted by molar-refractivity contribution is 6.00. The molecular weight excluding hydrogens is 264 g/mol. The van der Waals surface area contributed by atoms with Gasteiger partial charge in [0.15, 0.2) is 0 Å². The molecule has 3 rings (SSSR count). The van der Waals surface area contributed by atoms with E-state index in [4.69, 9.17) is 0 Å². The van der Waals surface area contributed by atoms with Gasteiger partial charge in [-0.1, -0.05) is 32.0 Å². The number of nitrogens with zero attached hydrogens (tertiary/aromatic N) is 1. The third-order valence-electron chi connectivity index (χ3n) is 3.35. The molecule has 0 aliphatic rings. The van der Waals surface area contributed by atoms with E-state index in [0.717, 1.165) is 16.6 Å². The van der Waals surface area contributed by atoms with Crippen molar-refractivity contribution in [3.63, 3.8) is 0 Å². The van der Waals surface area contributed by atoms with E-state index in [0.29, 0.717) is 23.7 Å². The first kappa shape index (κ1) is 13.4. The monoisotopic (exact) mass is 282 g/mol. The Morgan fingerprint density at radius 3 is 2.90 bits per heavy atom. The molecule has 0 bridgehead atoms. The van der Waals surface area contributed by atoms with Gasteiger partial charge in [-0.25, -0.2) is 0 Å². The fourth-order valence-corrected chi connectivity index (χ4v) is 2.26. The first-order valence-electron chi connectivity index (χ1n) is 7.05. The van der Waals surface area contributed by atoms with Gasteiger partial charge < -0.3 is 10.3 Å². The number of nitrogens with one attached hydrogen (secondary N) is 3. The summed E-state index contributed by atoms with van der Waals surface area (Å²) in [5.41, 5.74) is 3.17. The molecule has 21 heavy (non-hydrogen) atoms. The number of aromatic amines is 2. The van der Waals surface area contributed by atoms with Crippen LogP contribution in [0.15, 0.2) is 36.5 Å². The molecule has 0 aliphatic carbocycles. The van der Waals surface area contributed by atoms with Gasteiger partial charge >= 0.3 is 0 Å². The van der Waals surface area contributed by atoms with Crippen molar-refractivity contribution < 1.29 is 4.79 Å². The molecule has 0 saturated heterocycles. The number of amides is 1. The summed E-state index contributed by atoms with van der Waals surface area (Å²) in [7, 11) is 0. The quantitative estimate of drug-likeness (QED) is 0.688. The fourth-order valence-electron chi connectivity index (χ4n) is 2.26. The summed E-state index contributed by atoms with van der Waals surface area (Å²) in [6.45, 7) is 4.78. The van der Waals surface area contributed by atoms with Crippen molar-refractivity contribution in [1.82, 2.24) is 20.5 Å². The number of fused-ring (bicyclic) bond motifs is 1. The van der Waals surface area contributed by atoms with E-state index in [9.17, 15) is 4.79 Å². The van der Waals surface area contributed by atoms with Crippen LogP contribution in [-0.4, -0.2) is 27.6 Å². The maximum absolute atomic E-state index is 12.2. The van der Waals surface area contributed by atoms with Gasteiger partial charge in [-0.3, -0.25) is 9.89 Å². The molecule has 108 valence electrons. The largest absolute Gasteiger partial charge is 0.353 e. The molecule has 5 nitrogen and oxygen atoms in total. The Balaban J connectivity index is 1.93. The zero-order valence-electron chi connectivity index (χ0n) is 12.1. The van der Waals surface area contributed by atoms with Crippen LogP contribution >= 0.6 is 0 Å². The Morgan fingerprint density at radius 2 is 2.14 bits per heavy atom. The Hall–Kier alpha value is -2.56. The van der Waals surface area contributed by atoms with Gasteiger partial charge in [-0.05, 0) is 18.1 Å². The zero-order valence-corrected chi connectivity index (χ0v) is 12.1. The number of aromatic nitrogens is 3. The lowest BCUT2D eigenvalue weighted by molar-refractivity contribution is 0.0949. The van der Waals surface area contributed by atoms with Gasteiger partial charge in [-0.2, -0.15) is 5.10 Å². The van der Waals surface area contributed by atoms with Crippen molar-refractivity contribution >= 4 is 16.8 Å². The molecule has 3 N–H and O–H groups in total. The van der Waals surface area contributed by atoms with Gasteiger partial charge in [-0.15, -0.1) is 0 Å². The number of carbonyl (C=O) groups excluding carboxylic acids is 1. The number of hydrogen-bond acceptors (Lipinski definition) is 2. The van der Waals surface area contributed by atoms with E-state index in [-0.39, 0.29) is 5.91 Å². The first-order valence-corrected chi connectivity index (χ1v) is 7.05. The summed E-state index contributed by atoms with van der Waals surface area (Å²) in [5, 5.41) is 10.9. The van der Waals surface area contributed by atoms with Gasteiger partial charge in [0.2, 0.25) is 0 Å². The topological polar surface area (TPSA) is 73.6 Å². The number of rotatable bonds is 4. The minimum Gasteiger partial charge on any atom is -0.353 e. The van der Waals surface area contributed by atoms with E-state index in [1.807, 2.05) is 30.3 Å². The highest BCUT2D eigenvalue weighted by atomic mass is 16.1. The number of hydrogen-bond donors (Lipinski definition) is 3. The van der Waals surface area contributed by atoms with Crippen LogP contribution in [0, 0.1) is 5.92 Å². The van der Waals surface area contributed by atoms with Crippen molar-refractivity contribution in [3.8, 4) is 11.4 Å². The first-order chi connectivity index (χ1) is 10.1. The molecule has 0 saturated carbocycles. The zero-order chi connectivity index (χ0) is 14.8. The maximum atomic E-state index is 12.2. The number of H-pyrrole nitrogens is 2. The van der Waals surface area contributed by atoms with Crippen LogP contribution in [0.2, 0.25) is 0 Å². The van der Waals surface area contributed by atoms with Crippen LogP contribution in [0.3, 0.4) is 0 Å². The van der Waals surface area contributed by atoms with Gasteiger partial charge in [0.05, 0.1) is 23.1 Å². The average Bonchev–Trinajstić information content (AvgIpc) is 3.10. The Kier molecular flexibility index (Phi) is 3.48. The molecule has 0 unspecified atom stereocenters. The van der Waals surface area contributed by atoms with Crippen LogP contribution in [-0.2, 0) is 0 Å². The van der Waals surface area contributed by atoms with E-state index in [1.165, 1.54) is 0 Å². The average molecular weight is 282 g/mol. The summed E-state index contributed by atoms with van der Waals surface area (Å²) in [6, 6.07) is 10.0. The van der Waals surface area contributed by atoms with E-state index >= 15 is 0 Å². The normalized spacial score (nSPS) is 11.2. The molecule has 0 aliphatic heterocycles. The SMILES string of the molecule is CC(C)CNC(=O)c1cn[nH]c1-c1cc2ccccc2[nH]1. The van der Waals surface area contributed by atoms with Crippen LogP contribution in [0.4, 0.5) is 0 Å². The minimum absolute atomic E-state index is 0.105. The second-order valence-corrected chi connectivity index (χ2v) is 5.53. The van der Waals surface area contributed by atoms with Crippen LogP contribution in [0.1, 0.15) is 24.2 Å². The highest BCUT2D eigenvalue weighted by Gasteiger charge is 2.16. The molecule has 3 aromatic rings. The molecule has 2 heterocycles. The fraction of sp³-hybridized carbons (Fsp3) is 0.250. The summed E-state index contributed by atoms with van der Waals surface area (Å²) in [5.74, 6) is 0.309. The molecule has 2 aromatic heterocycles. The second-order valence-electron chi connectivity index (χ2n) is 5.53. The van der Waals surface area contributed by atoms with E-state index in [1.54, 1.807) is 6.20 Å². The predicted molar refractivity (Wildman–Crippen MR) is 83.1 cm³/mol. The molecule has 0 radical (unpaired) electrons. The molecule has 5 heteroatoms. The van der Waals surface area contributed by atoms with Gasteiger partial charge in [0.1, 0.15) is 0 Å². The minimum atomic E-state index is -0.105. The molecule has 0 spiro atoms. The number of para-hydroxylation sites is 1. The molecule has 1 aromatic carbocycles. The molecule has 0 fully saturated rings. The van der Waals surface area contributed by atoms with Crippen LogP contribution < -0.4 is 5.32 Å². The Labute approximate surface area is 122 Å². The number of carbonyl (C=O) groups is 1. The summed E-state index contributed by atoms with van der Waals surface area (Å²) < 4.78 is 0. The Morgan fingerprint density at radius 1 is 1.33 bits per heavy atom. The van der Waals surface area contributed by atoms with Crippen molar-refractivity contribution in [1.29, 1.82) is 0 Å². The molecule has 0 atom stereocenters. The lowest BCUT2D eigenvalue weighted by Crippen LogP contribution is -2.27. The smallest absolute Gasteiger partial charge is 0.255 e. The predicted octanol–water partition coefficient (Wildman–Crippen LogP) is 2.94. The molecule has 1 amide bonds. The van der Waals surface area contributed by atoms with E-state index in [2.05, 4.69) is 34.3 Å². The van der Waals surface area contributed by atoms with Crippen LogP contribution in [0.25, 0.3) is 22.3 Å².